The summed E-state index contributed by atoms with van der Waals surface area (Å²) in [5.41, 5.74) is 3.09. The molecule has 0 bridgehead atoms. The summed E-state index contributed by atoms with van der Waals surface area (Å²) in [5.74, 6) is 0. The molecule has 1 aliphatic heterocycles. The Morgan fingerprint density at radius 3 is 2.78 bits per heavy atom. The molecule has 1 N–H and O–H groups in total. The van der Waals surface area contributed by atoms with Crippen molar-refractivity contribution in [1.82, 2.24) is 19.4 Å². The number of aryl methyl sites for hydroxylation is 1. The van der Waals surface area contributed by atoms with Gasteiger partial charge in [-0.25, -0.2) is 4.98 Å². The number of hydrogen-bond acceptors (Lipinski definition) is 3. The summed E-state index contributed by atoms with van der Waals surface area (Å²) < 4.78 is 3.02. The molecule has 3 rings (SSSR count). The van der Waals surface area contributed by atoms with Crippen LogP contribution < -0.4 is 0 Å². The van der Waals surface area contributed by atoms with E-state index in [0.29, 0.717) is 6.04 Å². The van der Waals surface area contributed by atoms with Crippen molar-refractivity contribution in [3.63, 3.8) is 0 Å². The first-order chi connectivity index (χ1) is 8.65. The SMILES string of the molecule is Cc1ccc2[nH]c(=S)n(C3CCN(C)CC3)c2n1. The molecule has 0 spiro atoms. The first-order valence-electron chi connectivity index (χ1n) is 6.41. The average molecular weight is 262 g/mol. The largest absolute Gasteiger partial charge is 0.329 e. The molecule has 0 saturated carbocycles. The van der Waals surface area contributed by atoms with E-state index in [-0.39, 0.29) is 0 Å². The van der Waals surface area contributed by atoms with Crippen LogP contribution in [0.5, 0.6) is 0 Å². The van der Waals surface area contributed by atoms with E-state index in [4.69, 9.17) is 12.2 Å². The predicted molar refractivity (Wildman–Crippen MR) is 75.4 cm³/mol. The fourth-order valence-electron chi connectivity index (χ4n) is 2.69. The lowest BCUT2D eigenvalue weighted by Crippen LogP contribution is -2.31. The number of hydrogen-bond donors (Lipinski definition) is 1. The highest BCUT2D eigenvalue weighted by molar-refractivity contribution is 7.71. The Kier molecular flexibility index (Phi) is 2.95. The van der Waals surface area contributed by atoms with E-state index in [9.17, 15) is 0 Å². The van der Waals surface area contributed by atoms with Gasteiger partial charge in [-0.05, 0) is 64.3 Å². The number of nitrogens with one attached hydrogen (secondary N) is 1. The fourth-order valence-corrected chi connectivity index (χ4v) is 3.03. The second kappa shape index (κ2) is 4.48. The number of imidazole rings is 1. The number of aromatic nitrogens is 3. The van der Waals surface area contributed by atoms with Crippen LogP contribution in [-0.2, 0) is 0 Å². The maximum absolute atomic E-state index is 5.46. The average Bonchev–Trinajstić information content (AvgIpc) is 2.66. The quantitative estimate of drug-likeness (QED) is 0.803. The zero-order valence-electron chi connectivity index (χ0n) is 10.8. The van der Waals surface area contributed by atoms with Gasteiger partial charge in [0.1, 0.15) is 0 Å². The summed E-state index contributed by atoms with van der Waals surface area (Å²) in [6, 6.07) is 4.57. The summed E-state index contributed by atoms with van der Waals surface area (Å²) >= 11 is 5.46. The van der Waals surface area contributed by atoms with Crippen molar-refractivity contribution in [1.29, 1.82) is 0 Å². The monoisotopic (exact) mass is 262 g/mol. The minimum Gasteiger partial charge on any atom is -0.329 e. The fraction of sp³-hybridized carbons (Fsp3) is 0.538. The molecule has 5 heteroatoms. The molecular weight excluding hydrogens is 244 g/mol. The van der Waals surface area contributed by atoms with Crippen LogP contribution in [0.25, 0.3) is 11.2 Å². The third-order valence-corrected chi connectivity index (χ3v) is 4.05. The van der Waals surface area contributed by atoms with E-state index >= 15 is 0 Å². The highest BCUT2D eigenvalue weighted by Crippen LogP contribution is 2.26. The van der Waals surface area contributed by atoms with Crippen LogP contribution in [0.4, 0.5) is 0 Å². The molecule has 0 atom stereocenters. The van der Waals surface area contributed by atoms with E-state index in [2.05, 4.69) is 32.5 Å². The molecule has 0 unspecified atom stereocenters. The van der Waals surface area contributed by atoms with Gasteiger partial charge in [0.05, 0.1) is 5.52 Å². The third-order valence-electron chi connectivity index (χ3n) is 3.76. The number of rotatable bonds is 1. The Bertz CT molecular complexity index is 619. The molecule has 3 heterocycles. The molecule has 2 aromatic rings. The van der Waals surface area contributed by atoms with Crippen molar-refractivity contribution < 1.29 is 0 Å². The first kappa shape index (κ1) is 11.9. The Morgan fingerprint density at radius 1 is 1.33 bits per heavy atom. The second-order valence-electron chi connectivity index (χ2n) is 5.16. The lowest BCUT2D eigenvalue weighted by Gasteiger charge is -2.29. The smallest absolute Gasteiger partial charge is 0.179 e. The third kappa shape index (κ3) is 1.97. The van der Waals surface area contributed by atoms with Gasteiger partial charge < -0.3 is 9.88 Å². The molecule has 0 radical (unpaired) electrons. The minimum absolute atomic E-state index is 0.483. The van der Waals surface area contributed by atoms with Gasteiger partial charge in [0.25, 0.3) is 0 Å². The van der Waals surface area contributed by atoms with E-state index in [1.807, 2.05) is 13.0 Å². The standard InChI is InChI=1S/C13H18N4S/c1-9-3-4-11-12(14-9)17(13(18)15-11)10-5-7-16(2)8-6-10/h3-4,10H,5-8H2,1-2H3,(H,15,18). The van der Waals surface area contributed by atoms with Gasteiger partial charge in [0.2, 0.25) is 0 Å². The van der Waals surface area contributed by atoms with Crippen LogP contribution in [0.3, 0.4) is 0 Å². The first-order valence-corrected chi connectivity index (χ1v) is 6.82. The molecule has 1 fully saturated rings. The highest BCUT2D eigenvalue weighted by Gasteiger charge is 2.21. The highest BCUT2D eigenvalue weighted by atomic mass is 32.1. The van der Waals surface area contributed by atoms with Crippen LogP contribution in [-0.4, -0.2) is 39.6 Å². The topological polar surface area (TPSA) is 36.9 Å². The number of pyridine rings is 1. The zero-order chi connectivity index (χ0) is 12.7. The van der Waals surface area contributed by atoms with Crippen molar-refractivity contribution >= 4 is 23.4 Å². The number of fused-ring (bicyclic) bond motifs is 1. The van der Waals surface area contributed by atoms with Crippen LogP contribution in [0.2, 0.25) is 0 Å². The number of nitrogens with zero attached hydrogens (tertiary/aromatic N) is 3. The lowest BCUT2D eigenvalue weighted by molar-refractivity contribution is 0.222. The Hall–Kier alpha value is -1.20. The maximum atomic E-state index is 5.46. The summed E-state index contributed by atoms with van der Waals surface area (Å²) in [4.78, 5) is 10.3. The molecule has 18 heavy (non-hydrogen) atoms. The molecule has 0 aromatic carbocycles. The summed E-state index contributed by atoms with van der Waals surface area (Å²) in [6.45, 7) is 4.28. The molecule has 1 aliphatic rings. The predicted octanol–water partition coefficient (Wildman–Crippen LogP) is 2.67. The van der Waals surface area contributed by atoms with Crippen molar-refractivity contribution in [2.75, 3.05) is 20.1 Å². The van der Waals surface area contributed by atoms with Gasteiger partial charge in [-0.15, -0.1) is 0 Å². The van der Waals surface area contributed by atoms with Gasteiger partial charge >= 0.3 is 0 Å². The Labute approximate surface area is 112 Å². The summed E-state index contributed by atoms with van der Waals surface area (Å²) in [5, 5.41) is 0. The normalized spacial score (nSPS) is 18.6. The van der Waals surface area contributed by atoms with Gasteiger partial charge in [-0.3, -0.25) is 4.57 Å². The van der Waals surface area contributed by atoms with Gasteiger partial charge in [-0.1, -0.05) is 0 Å². The van der Waals surface area contributed by atoms with Gasteiger partial charge in [0, 0.05) is 11.7 Å². The molecule has 0 amide bonds. The van der Waals surface area contributed by atoms with E-state index in [1.54, 1.807) is 0 Å². The second-order valence-corrected chi connectivity index (χ2v) is 5.55. The molecule has 96 valence electrons. The van der Waals surface area contributed by atoms with Crippen molar-refractivity contribution in [3.05, 3.63) is 22.6 Å². The van der Waals surface area contributed by atoms with Crippen molar-refractivity contribution in [3.8, 4) is 0 Å². The molecule has 2 aromatic heterocycles. The van der Waals surface area contributed by atoms with Crippen LogP contribution in [0.15, 0.2) is 12.1 Å². The summed E-state index contributed by atoms with van der Waals surface area (Å²) in [7, 11) is 2.17. The van der Waals surface area contributed by atoms with Crippen molar-refractivity contribution in [2.45, 2.75) is 25.8 Å². The molecule has 4 nitrogen and oxygen atoms in total. The zero-order valence-corrected chi connectivity index (χ0v) is 11.6. The van der Waals surface area contributed by atoms with E-state index < -0.39 is 0 Å². The number of likely N-dealkylation sites (tertiary alicyclic amines) is 1. The van der Waals surface area contributed by atoms with Gasteiger partial charge in [-0.2, -0.15) is 0 Å². The van der Waals surface area contributed by atoms with Crippen LogP contribution in [0, 0.1) is 11.7 Å². The van der Waals surface area contributed by atoms with Crippen LogP contribution in [0.1, 0.15) is 24.6 Å². The maximum Gasteiger partial charge on any atom is 0.179 e. The Balaban J connectivity index is 2.08. The van der Waals surface area contributed by atoms with E-state index in [0.717, 1.165) is 47.6 Å². The minimum atomic E-state index is 0.483. The van der Waals surface area contributed by atoms with Crippen molar-refractivity contribution in [2.24, 2.45) is 0 Å². The van der Waals surface area contributed by atoms with E-state index in [1.165, 1.54) is 0 Å². The molecule has 0 aliphatic carbocycles. The Morgan fingerprint density at radius 2 is 2.06 bits per heavy atom. The number of H-pyrrole nitrogens is 1. The van der Waals surface area contributed by atoms with Gasteiger partial charge in [0.15, 0.2) is 10.4 Å². The molecular formula is C13H18N4S. The van der Waals surface area contributed by atoms with Crippen LogP contribution >= 0.6 is 12.2 Å². The lowest BCUT2D eigenvalue weighted by atomic mass is 10.1. The number of aromatic amines is 1. The number of piperidine rings is 1. The molecule has 1 saturated heterocycles. The summed E-state index contributed by atoms with van der Waals surface area (Å²) in [6.07, 6.45) is 2.29.